The number of alkyl halides is 3. The van der Waals surface area contributed by atoms with Crippen molar-refractivity contribution in [3.63, 3.8) is 0 Å². The number of likely N-dealkylation sites (N-methyl/N-ethyl adjacent to an activating group) is 1. The molecular formula is C7H9F3N2O. The van der Waals surface area contributed by atoms with Crippen LogP contribution >= 0.6 is 0 Å². The number of carbonyl (C=O) groups excluding carboxylic acids is 1. The van der Waals surface area contributed by atoms with E-state index in [0.717, 1.165) is 0 Å². The number of likely N-dealkylation sites (tertiary alicyclic amines) is 1. The van der Waals surface area contributed by atoms with Gasteiger partial charge in [-0.2, -0.15) is 13.2 Å². The molecule has 2 N–H and O–H groups in total. The number of carbonyl (C=O) groups is 1. The zero-order valence-corrected chi connectivity index (χ0v) is 6.98. The highest BCUT2D eigenvalue weighted by atomic mass is 19.4. The Hall–Kier alpha value is -1.20. The van der Waals surface area contributed by atoms with Crippen LogP contribution in [0.2, 0.25) is 0 Å². The van der Waals surface area contributed by atoms with Crippen molar-refractivity contribution in [1.29, 1.82) is 0 Å². The van der Waals surface area contributed by atoms with Crippen LogP contribution in [0.4, 0.5) is 13.2 Å². The Labute approximate surface area is 73.0 Å². The predicted molar refractivity (Wildman–Crippen MR) is 39.5 cm³/mol. The van der Waals surface area contributed by atoms with Crippen LogP contribution in [-0.2, 0) is 4.79 Å². The van der Waals surface area contributed by atoms with Crippen molar-refractivity contribution in [2.75, 3.05) is 13.6 Å². The largest absolute Gasteiger partial charge is 0.431 e. The lowest BCUT2D eigenvalue weighted by Crippen LogP contribution is -2.26. The van der Waals surface area contributed by atoms with Crippen molar-refractivity contribution in [3.8, 4) is 0 Å². The van der Waals surface area contributed by atoms with Gasteiger partial charge in [-0.05, 0) is 6.42 Å². The van der Waals surface area contributed by atoms with E-state index in [4.69, 9.17) is 5.73 Å². The third-order valence-corrected chi connectivity index (χ3v) is 1.93. The Morgan fingerprint density at radius 2 is 2.08 bits per heavy atom. The summed E-state index contributed by atoms with van der Waals surface area (Å²) in [7, 11) is 1.44. The SMILES string of the molecule is CN1CC/C(=C(/N)C(F)(F)F)C1=O. The van der Waals surface area contributed by atoms with Crippen molar-refractivity contribution in [3.05, 3.63) is 11.3 Å². The van der Waals surface area contributed by atoms with Crippen LogP contribution in [0.5, 0.6) is 0 Å². The van der Waals surface area contributed by atoms with Gasteiger partial charge in [-0.1, -0.05) is 0 Å². The van der Waals surface area contributed by atoms with Gasteiger partial charge >= 0.3 is 6.18 Å². The molecule has 74 valence electrons. The molecule has 1 saturated heterocycles. The number of nitrogens with two attached hydrogens (primary N) is 1. The molecule has 0 spiro atoms. The molecule has 0 aromatic rings. The van der Waals surface area contributed by atoms with E-state index in [1.165, 1.54) is 11.9 Å². The van der Waals surface area contributed by atoms with Crippen molar-refractivity contribution >= 4 is 5.91 Å². The molecule has 1 aliphatic rings. The van der Waals surface area contributed by atoms with Crippen LogP contribution in [0.15, 0.2) is 11.3 Å². The number of amides is 1. The fraction of sp³-hybridized carbons (Fsp3) is 0.571. The fourth-order valence-electron chi connectivity index (χ4n) is 1.14. The quantitative estimate of drug-likeness (QED) is 0.575. The molecule has 0 bridgehead atoms. The molecule has 0 radical (unpaired) electrons. The summed E-state index contributed by atoms with van der Waals surface area (Å²) in [6.45, 7) is 0.297. The third kappa shape index (κ3) is 1.76. The van der Waals surface area contributed by atoms with Crippen molar-refractivity contribution in [2.45, 2.75) is 12.6 Å². The fourth-order valence-corrected chi connectivity index (χ4v) is 1.14. The van der Waals surface area contributed by atoms with Gasteiger partial charge in [0.05, 0.1) is 0 Å². The van der Waals surface area contributed by atoms with Gasteiger partial charge in [0.25, 0.3) is 5.91 Å². The van der Waals surface area contributed by atoms with Gasteiger partial charge in [-0.15, -0.1) is 0 Å². The normalized spacial score (nSPS) is 22.5. The van der Waals surface area contributed by atoms with E-state index in [2.05, 4.69) is 0 Å². The van der Waals surface area contributed by atoms with Gasteiger partial charge in [0, 0.05) is 19.2 Å². The van der Waals surface area contributed by atoms with E-state index in [9.17, 15) is 18.0 Å². The minimum Gasteiger partial charge on any atom is -0.394 e. The molecule has 1 amide bonds. The zero-order chi connectivity index (χ0) is 10.2. The van der Waals surface area contributed by atoms with Crippen LogP contribution in [0.1, 0.15) is 6.42 Å². The van der Waals surface area contributed by atoms with Crippen LogP contribution < -0.4 is 5.73 Å². The average Bonchev–Trinajstić information content (AvgIpc) is 2.30. The number of hydrogen-bond acceptors (Lipinski definition) is 2. The molecule has 1 rings (SSSR count). The summed E-state index contributed by atoms with van der Waals surface area (Å²) in [6.07, 6.45) is -4.53. The summed E-state index contributed by atoms with van der Waals surface area (Å²) in [6, 6.07) is 0. The van der Waals surface area contributed by atoms with Gasteiger partial charge in [0.15, 0.2) is 0 Å². The second-order valence-electron chi connectivity index (χ2n) is 2.87. The first-order valence-electron chi connectivity index (χ1n) is 3.65. The summed E-state index contributed by atoms with van der Waals surface area (Å²) in [5, 5.41) is 0. The molecule has 0 aliphatic carbocycles. The second-order valence-corrected chi connectivity index (χ2v) is 2.87. The number of halogens is 3. The summed E-state index contributed by atoms with van der Waals surface area (Å²) in [5.74, 6) is -0.630. The monoisotopic (exact) mass is 194 g/mol. The molecule has 0 aromatic heterocycles. The van der Waals surface area contributed by atoms with E-state index in [1.54, 1.807) is 0 Å². The van der Waals surface area contributed by atoms with Crippen molar-refractivity contribution in [2.24, 2.45) is 5.73 Å². The number of allylic oxidation sites excluding steroid dienone is 1. The zero-order valence-electron chi connectivity index (χ0n) is 6.98. The molecule has 6 heteroatoms. The van der Waals surface area contributed by atoms with Crippen LogP contribution in [0, 0.1) is 0 Å². The molecule has 0 saturated carbocycles. The van der Waals surface area contributed by atoms with Gasteiger partial charge < -0.3 is 10.6 Å². The molecule has 13 heavy (non-hydrogen) atoms. The standard InChI is InChI=1S/C7H9F3N2O/c1-12-3-2-4(6(12)13)5(11)7(8,9)10/h2-3,11H2,1H3/b5-4-. The van der Waals surface area contributed by atoms with Gasteiger partial charge in [-0.3, -0.25) is 4.79 Å². The topological polar surface area (TPSA) is 46.3 Å². The number of hydrogen-bond donors (Lipinski definition) is 1. The van der Waals surface area contributed by atoms with E-state index in [-0.39, 0.29) is 12.0 Å². The number of nitrogens with zero attached hydrogens (tertiary/aromatic N) is 1. The van der Waals surface area contributed by atoms with Gasteiger partial charge in [0.1, 0.15) is 5.70 Å². The second kappa shape index (κ2) is 2.93. The minimum absolute atomic E-state index is 0.0701. The Morgan fingerprint density at radius 3 is 2.38 bits per heavy atom. The molecule has 3 nitrogen and oxygen atoms in total. The highest BCUT2D eigenvalue weighted by Crippen LogP contribution is 2.28. The lowest BCUT2D eigenvalue weighted by Gasteiger charge is -2.09. The molecular weight excluding hydrogens is 185 g/mol. The smallest absolute Gasteiger partial charge is 0.394 e. The average molecular weight is 194 g/mol. The lowest BCUT2D eigenvalue weighted by atomic mass is 10.2. The van der Waals surface area contributed by atoms with E-state index >= 15 is 0 Å². The van der Waals surface area contributed by atoms with Gasteiger partial charge in [-0.25, -0.2) is 0 Å². The maximum absolute atomic E-state index is 12.0. The van der Waals surface area contributed by atoms with Crippen molar-refractivity contribution < 1.29 is 18.0 Å². The van der Waals surface area contributed by atoms with Gasteiger partial charge in [0.2, 0.25) is 0 Å². The molecule has 0 atom stereocenters. The summed E-state index contributed by atoms with van der Waals surface area (Å²) < 4.78 is 36.1. The Kier molecular flexibility index (Phi) is 2.23. The van der Waals surface area contributed by atoms with Crippen LogP contribution in [0.3, 0.4) is 0 Å². The molecule has 1 aliphatic heterocycles. The molecule has 1 fully saturated rings. The maximum Gasteiger partial charge on any atom is 0.431 e. The first-order valence-corrected chi connectivity index (χ1v) is 3.65. The molecule has 1 heterocycles. The minimum atomic E-state index is -4.60. The van der Waals surface area contributed by atoms with Crippen molar-refractivity contribution in [1.82, 2.24) is 4.90 Å². The van der Waals surface area contributed by atoms with Crippen LogP contribution in [0.25, 0.3) is 0 Å². The third-order valence-electron chi connectivity index (χ3n) is 1.93. The Morgan fingerprint density at radius 1 is 1.54 bits per heavy atom. The van der Waals surface area contributed by atoms with Crippen LogP contribution in [-0.4, -0.2) is 30.6 Å². The summed E-state index contributed by atoms with van der Waals surface area (Å²) in [4.78, 5) is 12.3. The Balaban J connectivity index is 3.00. The first-order chi connectivity index (χ1) is 5.84. The summed E-state index contributed by atoms with van der Waals surface area (Å²) in [5.41, 5.74) is 3.23. The lowest BCUT2D eigenvalue weighted by molar-refractivity contribution is -0.125. The summed E-state index contributed by atoms with van der Waals surface area (Å²) >= 11 is 0. The van der Waals surface area contributed by atoms with E-state index < -0.39 is 17.8 Å². The van der Waals surface area contributed by atoms with E-state index in [0.29, 0.717) is 6.54 Å². The first kappa shape index (κ1) is 9.88. The number of rotatable bonds is 0. The Bertz CT molecular complexity index is 269. The predicted octanol–water partition coefficient (Wildman–Crippen LogP) is 0.624. The maximum atomic E-state index is 12.0. The highest BCUT2D eigenvalue weighted by molar-refractivity contribution is 5.96. The molecule has 0 aromatic carbocycles. The molecule has 0 unspecified atom stereocenters. The highest BCUT2D eigenvalue weighted by Gasteiger charge is 2.38. The van der Waals surface area contributed by atoms with E-state index in [1.807, 2.05) is 0 Å².